The Labute approximate surface area is 147 Å². The second kappa shape index (κ2) is 6.16. The summed E-state index contributed by atoms with van der Waals surface area (Å²) in [6.45, 7) is 2.30. The molecule has 4 rings (SSSR count). The first-order valence-electron chi connectivity index (χ1n) is 7.53. The maximum Gasteiger partial charge on any atom is 0.273 e. The topological polar surface area (TPSA) is 62.5 Å². The number of thiazole rings is 1. The number of hydrogen-bond acceptors (Lipinski definition) is 6. The van der Waals surface area contributed by atoms with Gasteiger partial charge >= 0.3 is 0 Å². The molecule has 8 heteroatoms. The second-order valence-corrected chi connectivity index (χ2v) is 7.06. The predicted octanol–water partition coefficient (Wildman–Crippen LogP) is 2.89. The molecule has 2 aromatic heterocycles. The number of likely N-dealkylation sites (tertiary alicyclic amines) is 1. The van der Waals surface area contributed by atoms with Crippen molar-refractivity contribution in [3.05, 3.63) is 45.5 Å². The first kappa shape index (κ1) is 15.6. The molecule has 6 nitrogen and oxygen atoms in total. The molecule has 1 saturated heterocycles. The smallest absolute Gasteiger partial charge is 0.273 e. The van der Waals surface area contributed by atoms with Crippen molar-refractivity contribution in [2.45, 2.75) is 12.6 Å². The Hall–Kier alpha value is -1.96. The second-order valence-electron chi connectivity index (χ2n) is 5.91. The molecule has 3 aromatic rings. The zero-order valence-corrected chi connectivity index (χ0v) is 14.5. The minimum absolute atomic E-state index is 0.0282. The lowest BCUT2D eigenvalue weighted by Gasteiger charge is -2.43. The standard InChI is InChI=1S/C16H15ClN4O2S/c1-20(16(22)14-8-24-9-18-14)11-5-21(6-11)7-13-12-4-10(17)2-3-15(12)23-19-13/h2-4,8-9,11H,5-7H2,1H3. The van der Waals surface area contributed by atoms with Crippen LogP contribution in [0.1, 0.15) is 16.2 Å². The van der Waals surface area contributed by atoms with Crippen molar-refractivity contribution in [2.75, 3.05) is 20.1 Å². The van der Waals surface area contributed by atoms with Crippen molar-refractivity contribution >= 4 is 39.8 Å². The summed E-state index contributed by atoms with van der Waals surface area (Å²) in [5.74, 6) is -0.0282. The van der Waals surface area contributed by atoms with Crippen LogP contribution in [0.15, 0.2) is 33.6 Å². The first-order valence-corrected chi connectivity index (χ1v) is 8.85. The van der Waals surface area contributed by atoms with E-state index in [1.165, 1.54) is 11.3 Å². The Morgan fingerprint density at radius 3 is 3.08 bits per heavy atom. The van der Waals surface area contributed by atoms with E-state index >= 15 is 0 Å². The number of carbonyl (C=O) groups is 1. The molecule has 0 N–H and O–H groups in total. The first-order chi connectivity index (χ1) is 11.6. The van der Waals surface area contributed by atoms with Crippen molar-refractivity contribution in [1.29, 1.82) is 0 Å². The third-order valence-corrected chi connectivity index (χ3v) is 5.16. The Bertz CT molecular complexity index is 873. The van der Waals surface area contributed by atoms with Gasteiger partial charge in [0.05, 0.1) is 11.6 Å². The highest BCUT2D eigenvalue weighted by Crippen LogP contribution is 2.25. The van der Waals surface area contributed by atoms with Gasteiger partial charge in [0.2, 0.25) is 0 Å². The lowest BCUT2D eigenvalue weighted by atomic mass is 10.1. The summed E-state index contributed by atoms with van der Waals surface area (Å²) in [4.78, 5) is 20.4. The third kappa shape index (κ3) is 2.79. The average Bonchev–Trinajstić information content (AvgIpc) is 3.19. The van der Waals surface area contributed by atoms with Gasteiger partial charge in [0.1, 0.15) is 11.4 Å². The van der Waals surface area contributed by atoms with E-state index in [0.717, 1.165) is 29.8 Å². The highest BCUT2D eigenvalue weighted by Gasteiger charge is 2.33. The van der Waals surface area contributed by atoms with Gasteiger partial charge in [-0.2, -0.15) is 0 Å². The average molecular weight is 363 g/mol. The molecule has 1 fully saturated rings. The van der Waals surface area contributed by atoms with Crippen LogP contribution in [-0.4, -0.2) is 52.0 Å². The molecule has 3 heterocycles. The van der Waals surface area contributed by atoms with Gasteiger partial charge < -0.3 is 9.42 Å². The highest BCUT2D eigenvalue weighted by molar-refractivity contribution is 7.07. The quantitative estimate of drug-likeness (QED) is 0.714. The van der Waals surface area contributed by atoms with E-state index in [1.54, 1.807) is 21.9 Å². The molecule has 0 atom stereocenters. The van der Waals surface area contributed by atoms with Gasteiger partial charge in [-0.25, -0.2) is 4.98 Å². The van der Waals surface area contributed by atoms with Crippen LogP contribution in [0.4, 0.5) is 0 Å². The summed E-state index contributed by atoms with van der Waals surface area (Å²) in [5.41, 5.74) is 3.80. The summed E-state index contributed by atoms with van der Waals surface area (Å²) in [5, 5.41) is 7.53. The van der Waals surface area contributed by atoms with Crippen molar-refractivity contribution in [3.63, 3.8) is 0 Å². The SMILES string of the molecule is CN(C(=O)c1cscn1)C1CN(Cc2noc3ccc(Cl)cc23)C1. The molecule has 1 aliphatic heterocycles. The number of nitrogens with zero attached hydrogens (tertiary/aromatic N) is 4. The van der Waals surface area contributed by atoms with Crippen molar-refractivity contribution in [1.82, 2.24) is 19.9 Å². The minimum atomic E-state index is -0.0282. The molecule has 0 unspecified atom stereocenters. The van der Waals surface area contributed by atoms with Crippen molar-refractivity contribution < 1.29 is 9.32 Å². The molecular formula is C16H15ClN4O2S. The Kier molecular flexibility index (Phi) is 3.99. The molecule has 1 aromatic carbocycles. The van der Waals surface area contributed by atoms with Crippen LogP contribution in [0.5, 0.6) is 0 Å². The fourth-order valence-corrected chi connectivity index (χ4v) is 3.57. The van der Waals surface area contributed by atoms with Crippen LogP contribution in [-0.2, 0) is 6.54 Å². The maximum atomic E-state index is 12.3. The summed E-state index contributed by atoms with van der Waals surface area (Å²) >= 11 is 7.48. The van der Waals surface area contributed by atoms with Crippen molar-refractivity contribution in [3.8, 4) is 0 Å². The van der Waals surface area contributed by atoms with Gasteiger partial charge in [0, 0.05) is 42.5 Å². The van der Waals surface area contributed by atoms with Crippen LogP contribution in [0.3, 0.4) is 0 Å². The maximum absolute atomic E-state index is 12.3. The lowest BCUT2D eigenvalue weighted by Crippen LogP contribution is -2.59. The number of rotatable bonds is 4. The van der Waals surface area contributed by atoms with Crippen LogP contribution < -0.4 is 0 Å². The fourth-order valence-electron chi connectivity index (χ4n) is 2.87. The van der Waals surface area contributed by atoms with Crippen molar-refractivity contribution in [2.24, 2.45) is 0 Å². The zero-order valence-electron chi connectivity index (χ0n) is 13.0. The largest absolute Gasteiger partial charge is 0.356 e. The molecule has 124 valence electrons. The van der Waals surface area contributed by atoms with E-state index in [1.807, 2.05) is 19.2 Å². The molecule has 0 saturated carbocycles. The highest BCUT2D eigenvalue weighted by atomic mass is 35.5. The monoisotopic (exact) mass is 362 g/mol. The van der Waals surface area contributed by atoms with Gasteiger partial charge in [-0.15, -0.1) is 11.3 Å². The number of hydrogen-bond donors (Lipinski definition) is 0. The summed E-state index contributed by atoms with van der Waals surface area (Å²) in [7, 11) is 1.83. The number of benzene rings is 1. The zero-order chi connectivity index (χ0) is 16.7. The number of likely N-dealkylation sites (N-methyl/N-ethyl adjacent to an activating group) is 1. The molecule has 0 aliphatic carbocycles. The van der Waals surface area contributed by atoms with E-state index in [9.17, 15) is 4.79 Å². The fraction of sp³-hybridized carbons (Fsp3) is 0.312. The summed E-state index contributed by atoms with van der Waals surface area (Å²) < 4.78 is 5.33. The van der Waals surface area contributed by atoms with Crippen LogP contribution in [0, 0.1) is 0 Å². The summed E-state index contributed by atoms with van der Waals surface area (Å²) in [6, 6.07) is 5.68. The van der Waals surface area contributed by atoms with E-state index in [0.29, 0.717) is 17.3 Å². The number of amides is 1. The molecule has 0 bridgehead atoms. The minimum Gasteiger partial charge on any atom is -0.356 e. The van der Waals surface area contributed by atoms with Gasteiger partial charge in [-0.05, 0) is 18.2 Å². The third-order valence-electron chi connectivity index (χ3n) is 4.34. The number of halogens is 1. The Morgan fingerprint density at radius 1 is 1.50 bits per heavy atom. The Balaban J connectivity index is 1.39. The molecule has 1 aliphatic rings. The van der Waals surface area contributed by atoms with Gasteiger partial charge in [-0.1, -0.05) is 16.8 Å². The van der Waals surface area contributed by atoms with E-state index < -0.39 is 0 Å². The van der Waals surface area contributed by atoms with Gasteiger partial charge in [-0.3, -0.25) is 9.69 Å². The lowest BCUT2D eigenvalue weighted by molar-refractivity contribution is 0.0324. The Morgan fingerprint density at radius 2 is 2.33 bits per heavy atom. The molecule has 24 heavy (non-hydrogen) atoms. The van der Waals surface area contributed by atoms with Crippen LogP contribution >= 0.6 is 22.9 Å². The normalized spacial score (nSPS) is 15.6. The molecule has 0 spiro atoms. The van der Waals surface area contributed by atoms with Crippen LogP contribution in [0.2, 0.25) is 5.02 Å². The molecule has 0 radical (unpaired) electrons. The number of aromatic nitrogens is 2. The predicted molar refractivity (Wildman–Crippen MR) is 92.3 cm³/mol. The number of fused-ring (bicyclic) bond motifs is 1. The summed E-state index contributed by atoms with van der Waals surface area (Å²) in [6.07, 6.45) is 0. The molecular weight excluding hydrogens is 348 g/mol. The van der Waals surface area contributed by atoms with Crippen LogP contribution in [0.25, 0.3) is 11.0 Å². The van der Waals surface area contributed by atoms with Gasteiger partial charge in [0.15, 0.2) is 5.58 Å². The molecule has 1 amide bonds. The van der Waals surface area contributed by atoms with E-state index in [4.69, 9.17) is 16.1 Å². The number of carbonyl (C=O) groups excluding carboxylic acids is 1. The van der Waals surface area contributed by atoms with E-state index in [2.05, 4.69) is 15.0 Å². The van der Waals surface area contributed by atoms with Gasteiger partial charge in [0.25, 0.3) is 5.91 Å². The van der Waals surface area contributed by atoms with E-state index in [-0.39, 0.29) is 11.9 Å².